The summed E-state index contributed by atoms with van der Waals surface area (Å²) in [6, 6.07) is 0. The van der Waals surface area contributed by atoms with Gasteiger partial charge in [-0.15, -0.1) is 11.3 Å². The van der Waals surface area contributed by atoms with Gasteiger partial charge in [-0.3, -0.25) is 9.20 Å². The van der Waals surface area contributed by atoms with E-state index in [2.05, 4.69) is 4.98 Å². The van der Waals surface area contributed by atoms with Crippen LogP contribution in [0.5, 0.6) is 0 Å². The minimum absolute atomic E-state index is 0.0459. The third-order valence-electron chi connectivity index (χ3n) is 3.76. The van der Waals surface area contributed by atoms with E-state index < -0.39 is 5.60 Å². The molecule has 0 N–H and O–H groups in total. The number of imidazole rings is 1. The van der Waals surface area contributed by atoms with Crippen LogP contribution in [0, 0.1) is 0 Å². The lowest BCUT2D eigenvalue weighted by atomic mass is 10.2. The van der Waals surface area contributed by atoms with E-state index in [0.29, 0.717) is 32.6 Å². The van der Waals surface area contributed by atoms with E-state index in [9.17, 15) is 9.59 Å². The Morgan fingerprint density at radius 1 is 1.21 bits per heavy atom. The van der Waals surface area contributed by atoms with Crippen LogP contribution in [-0.2, 0) is 16.0 Å². The number of carbonyl (C=O) groups excluding carboxylic acids is 2. The molecule has 0 bridgehead atoms. The summed E-state index contributed by atoms with van der Waals surface area (Å²) < 4.78 is 7.29. The number of aromatic nitrogens is 2. The van der Waals surface area contributed by atoms with Gasteiger partial charge < -0.3 is 14.5 Å². The van der Waals surface area contributed by atoms with E-state index in [1.54, 1.807) is 21.1 Å². The Labute approximate surface area is 144 Å². The highest BCUT2D eigenvalue weighted by Gasteiger charge is 2.27. The third-order valence-corrected chi connectivity index (χ3v) is 4.53. The molecule has 0 aliphatic carbocycles. The molecule has 2 amide bonds. The van der Waals surface area contributed by atoms with Crippen LogP contribution in [0.1, 0.15) is 26.5 Å². The molecule has 0 atom stereocenters. The number of thiazole rings is 1. The van der Waals surface area contributed by atoms with Gasteiger partial charge in [-0.2, -0.15) is 0 Å². The van der Waals surface area contributed by atoms with Gasteiger partial charge in [0.15, 0.2) is 4.96 Å². The predicted molar refractivity (Wildman–Crippen MR) is 91.2 cm³/mol. The highest BCUT2D eigenvalue weighted by molar-refractivity contribution is 7.15. The van der Waals surface area contributed by atoms with Crippen molar-refractivity contribution >= 4 is 28.3 Å². The molecule has 24 heavy (non-hydrogen) atoms. The molecule has 1 fully saturated rings. The first-order chi connectivity index (χ1) is 11.3. The Bertz CT molecular complexity index is 709. The van der Waals surface area contributed by atoms with Gasteiger partial charge in [0.05, 0.1) is 12.1 Å². The van der Waals surface area contributed by atoms with E-state index >= 15 is 0 Å². The van der Waals surface area contributed by atoms with Crippen molar-refractivity contribution < 1.29 is 14.3 Å². The van der Waals surface area contributed by atoms with Gasteiger partial charge in [0, 0.05) is 44.0 Å². The topological polar surface area (TPSA) is 67.2 Å². The highest BCUT2D eigenvalue weighted by Crippen LogP contribution is 2.14. The Morgan fingerprint density at radius 2 is 1.88 bits per heavy atom. The van der Waals surface area contributed by atoms with E-state index in [0.717, 1.165) is 10.7 Å². The number of amides is 2. The Balaban J connectivity index is 1.51. The summed E-state index contributed by atoms with van der Waals surface area (Å²) in [6.45, 7) is 7.60. The monoisotopic (exact) mass is 350 g/mol. The van der Waals surface area contributed by atoms with E-state index in [-0.39, 0.29) is 12.0 Å². The molecule has 3 rings (SSSR count). The van der Waals surface area contributed by atoms with Gasteiger partial charge in [-0.25, -0.2) is 9.78 Å². The first-order valence-corrected chi connectivity index (χ1v) is 8.86. The second-order valence-electron chi connectivity index (χ2n) is 6.85. The molecule has 2 aromatic heterocycles. The molecule has 7 nitrogen and oxygen atoms in total. The van der Waals surface area contributed by atoms with E-state index in [1.807, 2.05) is 42.9 Å². The quantitative estimate of drug-likeness (QED) is 0.831. The van der Waals surface area contributed by atoms with Crippen LogP contribution in [0.3, 0.4) is 0 Å². The van der Waals surface area contributed by atoms with Crippen LogP contribution in [0.25, 0.3) is 4.96 Å². The van der Waals surface area contributed by atoms with Gasteiger partial charge in [0.2, 0.25) is 5.91 Å². The van der Waals surface area contributed by atoms with Crippen LogP contribution < -0.4 is 0 Å². The van der Waals surface area contributed by atoms with E-state index in [1.165, 1.54) is 0 Å². The molecule has 0 spiro atoms. The van der Waals surface area contributed by atoms with Crippen molar-refractivity contribution in [2.45, 2.75) is 32.8 Å². The summed E-state index contributed by atoms with van der Waals surface area (Å²) in [5.41, 5.74) is 0.277. The molecular weight excluding hydrogens is 328 g/mol. The molecule has 2 aromatic rings. The molecule has 1 aliphatic heterocycles. The first kappa shape index (κ1) is 16.8. The molecule has 0 radical (unpaired) electrons. The minimum atomic E-state index is -0.502. The Kier molecular flexibility index (Phi) is 4.49. The number of nitrogens with zero attached hydrogens (tertiary/aromatic N) is 4. The molecule has 1 saturated heterocycles. The standard InChI is InChI=1S/C16H22N4O3S/c1-16(2,3)23-15(22)19-6-4-18(5-7-19)13(21)10-12-11-20-8-9-24-14(20)17-12/h8-9,11H,4-7,10H2,1-3H3. The van der Waals surface area contributed by atoms with Crippen LogP contribution in [0.15, 0.2) is 17.8 Å². The molecule has 3 heterocycles. The van der Waals surface area contributed by atoms with Gasteiger partial charge in [-0.1, -0.05) is 0 Å². The van der Waals surface area contributed by atoms with E-state index in [4.69, 9.17) is 4.74 Å². The van der Waals surface area contributed by atoms with Crippen molar-refractivity contribution in [3.05, 3.63) is 23.5 Å². The molecular formula is C16H22N4O3S. The molecule has 1 aliphatic rings. The van der Waals surface area contributed by atoms with Crippen LogP contribution in [0.4, 0.5) is 4.79 Å². The van der Waals surface area contributed by atoms with Crippen molar-refractivity contribution in [2.24, 2.45) is 0 Å². The lowest BCUT2D eigenvalue weighted by Gasteiger charge is -2.35. The van der Waals surface area contributed by atoms with Crippen molar-refractivity contribution in [3.63, 3.8) is 0 Å². The second-order valence-corrected chi connectivity index (χ2v) is 7.72. The number of carbonyl (C=O) groups is 2. The predicted octanol–water partition coefficient (Wildman–Crippen LogP) is 2.02. The average molecular weight is 350 g/mol. The summed E-state index contributed by atoms with van der Waals surface area (Å²) >= 11 is 1.55. The van der Waals surface area contributed by atoms with Crippen molar-refractivity contribution in [1.82, 2.24) is 19.2 Å². The summed E-state index contributed by atoms with van der Waals surface area (Å²) in [5, 5.41) is 1.96. The van der Waals surface area contributed by atoms with Crippen molar-refractivity contribution in [3.8, 4) is 0 Å². The largest absolute Gasteiger partial charge is 0.444 e. The fourth-order valence-electron chi connectivity index (χ4n) is 2.59. The van der Waals surface area contributed by atoms with Gasteiger partial charge in [0.25, 0.3) is 0 Å². The summed E-state index contributed by atoms with van der Waals surface area (Å²) in [7, 11) is 0. The number of ether oxygens (including phenoxy) is 1. The first-order valence-electron chi connectivity index (χ1n) is 7.98. The maximum absolute atomic E-state index is 12.4. The second kappa shape index (κ2) is 6.43. The Morgan fingerprint density at radius 3 is 2.50 bits per heavy atom. The maximum atomic E-state index is 12.4. The smallest absolute Gasteiger partial charge is 0.410 e. The number of rotatable bonds is 2. The Hall–Kier alpha value is -2.09. The highest BCUT2D eigenvalue weighted by atomic mass is 32.1. The van der Waals surface area contributed by atoms with Crippen LogP contribution in [-0.4, -0.2) is 63.0 Å². The third kappa shape index (κ3) is 3.87. The van der Waals surface area contributed by atoms with Gasteiger partial charge >= 0.3 is 6.09 Å². The fraction of sp³-hybridized carbons (Fsp3) is 0.562. The lowest BCUT2D eigenvalue weighted by molar-refractivity contribution is -0.132. The zero-order valence-corrected chi connectivity index (χ0v) is 15.0. The number of piperazine rings is 1. The summed E-state index contributed by atoms with van der Waals surface area (Å²) in [6.07, 6.45) is 3.80. The number of hydrogen-bond acceptors (Lipinski definition) is 5. The molecule has 130 valence electrons. The zero-order chi connectivity index (χ0) is 17.3. The van der Waals surface area contributed by atoms with Crippen molar-refractivity contribution in [2.75, 3.05) is 26.2 Å². The number of fused-ring (bicyclic) bond motifs is 1. The average Bonchev–Trinajstić information content (AvgIpc) is 3.06. The number of hydrogen-bond donors (Lipinski definition) is 0. The van der Waals surface area contributed by atoms with Gasteiger partial charge in [0.1, 0.15) is 5.60 Å². The molecule has 0 unspecified atom stereocenters. The molecule has 0 saturated carbocycles. The van der Waals surface area contributed by atoms with Crippen LogP contribution >= 0.6 is 11.3 Å². The zero-order valence-electron chi connectivity index (χ0n) is 14.2. The normalized spacial score (nSPS) is 15.8. The van der Waals surface area contributed by atoms with Crippen molar-refractivity contribution in [1.29, 1.82) is 0 Å². The molecule has 8 heteroatoms. The molecule has 0 aromatic carbocycles. The lowest BCUT2D eigenvalue weighted by Crippen LogP contribution is -2.52. The summed E-state index contributed by atoms with van der Waals surface area (Å²) in [5.74, 6) is 0.0459. The fourth-order valence-corrected chi connectivity index (χ4v) is 3.31. The SMILES string of the molecule is CC(C)(C)OC(=O)N1CCN(C(=O)Cc2cn3ccsc3n2)CC1. The minimum Gasteiger partial charge on any atom is -0.444 e. The van der Waals surface area contributed by atoms with Crippen LogP contribution in [0.2, 0.25) is 0 Å². The van der Waals surface area contributed by atoms with Gasteiger partial charge in [-0.05, 0) is 20.8 Å². The maximum Gasteiger partial charge on any atom is 0.410 e. The summed E-state index contributed by atoms with van der Waals surface area (Å²) in [4.78, 5) is 33.2.